The van der Waals surface area contributed by atoms with Crippen LogP contribution in [-0.4, -0.2) is 25.4 Å². The van der Waals surface area contributed by atoms with Gasteiger partial charge in [-0.2, -0.15) is 4.98 Å². The Kier molecular flexibility index (Phi) is 2.77. The maximum atomic E-state index is 12.0. The average Bonchev–Trinajstić information content (AvgIpc) is 3.19. The Morgan fingerprint density at radius 1 is 1.28 bits per heavy atom. The van der Waals surface area contributed by atoms with Gasteiger partial charge in [-0.1, -0.05) is 23.4 Å². The lowest BCUT2D eigenvalue weighted by Crippen LogP contribution is -2.15. The second kappa shape index (κ2) is 4.89. The fraction of sp³-hybridized carbons (Fsp3) is 0.222. The van der Waals surface area contributed by atoms with Crippen LogP contribution in [0.4, 0.5) is 0 Å². The molecule has 7 nitrogen and oxygen atoms in total. The van der Waals surface area contributed by atoms with Crippen LogP contribution in [0.25, 0.3) is 27.9 Å². The third-order valence-electron chi connectivity index (χ3n) is 4.60. The van der Waals surface area contributed by atoms with Crippen molar-refractivity contribution in [2.45, 2.75) is 25.7 Å². The lowest BCUT2D eigenvalue weighted by atomic mass is 10.1. The van der Waals surface area contributed by atoms with E-state index in [-0.39, 0.29) is 5.82 Å². The highest BCUT2D eigenvalue weighted by molar-refractivity contribution is 5.97. The van der Waals surface area contributed by atoms with E-state index in [1.165, 1.54) is 0 Å². The van der Waals surface area contributed by atoms with Crippen LogP contribution >= 0.6 is 0 Å². The number of primary amides is 1. The molecule has 3 aromatic heterocycles. The van der Waals surface area contributed by atoms with Crippen LogP contribution < -0.4 is 5.73 Å². The van der Waals surface area contributed by atoms with Gasteiger partial charge in [0.25, 0.3) is 5.91 Å². The maximum absolute atomic E-state index is 12.0. The number of imidazole rings is 1. The average molecular weight is 333 g/mol. The smallest absolute Gasteiger partial charge is 0.285 e. The van der Waals surface area contributed by atoms with Gasteiger partial charge < -0.3 is 10.3 Å². The third kappa shape index (κ3) is 2.05. The van der Waals surface area contributed by atoms with E-state index in [0.717, 1.165) is 34.8 Å². The largest absolute Gasteiger partial charge is 0.363 e. The zero-order valence-corrected chi connectivity index (χ0v) is 13.6. The highest BCUT2D eigenvalue weighted by Gasteiger charge is 2.31. The summed E-state index contributed by atoms with van der Waals surface area (Å²) < 4.78 is 7.15. The third-order valence-corrected chi connectivity index (χ3v) is 4.60. The molecule has 124 valence electrons. The molecule has 1 aromatic carbocycles. The van der Waals surface area contributed by atoms with Gasteiger partial charge in [-0.05, 0) is 42.8 Å². The number of amides is 1. The topological polar surface area (TPSA) is 99.3 Å². The molecule has 0 atom stereocenters. The molecule has 5 rings (SSSR count). The summed E-state index contributed by atoms with van der Waals surface area (Å²) in [5.41, 5.74) is 8.71. The summed E-state index contributed by atoms with van der Waals surface area (Å²) in [5.74, 6) is 0.957. The highest BCUT2D eigenvalue weighted by Crippen LogP contribution is 2.40. The first-order chi connectivity index (χ1) is 12.1. The van der Waals surface area contributed by atoms with Crippen molar-refractivity contribution < 1.29 is 9.32 Å². The molecule has 3 heterocycles. The van der Waals surface area contributed by atoms with E-state index >= 15 is 0 Å². The van der Waals surface area contributed by atoms with Crippen LogP contribution in [0.5, 0.6) is 0 Å². The van der Waals surface area contributed by atoms with Crippen LogP contribution in [0.15, 0.2) is 34.9 Å². The Hall–Kier alpha value is -3.22. The highest BCUT2D eigenvalue weighted by atomic mass is 16.5. The summed E-state index contributed by atoms with van der Waals surface area (Å²) in [6, 6.07) is 9.86. The van der Waals surface area contributed by atoms with Gasteiger partial charge in [0, 0.05) is 5.92 Å². The number of pyridine rings is 1. The zero-order valence-electron chi connectivity index (χ0n) is 13.6. The van der Waals surface area contributed by atoms with Crippen molar-refractivity contribution in [3.8, 4) is 11.5 Å². The molecule has 0 spiro atoms. The second-order valence-corrected chi connectivity index (χ2v) is 6.45. The number of hydrogen-bond acceptors (Lipinski definition) is 5. The number of benzene rings is 1. The van der Waals surface area contributed by atoms with E-state index in [9.17, 15) is 4.79 Å². The molecule has 1 aliphatic carbocycles. The number of para-hydroxylation sites is 1. The first kappa shape index (κ1) is 14.2. The summed E-state index contributed by atoms with van der Waals surface area (Å²) >= 11 is 0. The van der Waals surface area contributed by atoms with E-state index in [4.69, 9.17) is 10.3 Å². The Bertz CT molecular complexity index is 1150. The van der Waals surface area contributed by atoms with Crippen LogP contribution in [0.2, 0.25) is 0 Å². The van der Waals surface area contributed by atoms with E-state index in [1.54, 1.807) is 4.40 Å². The molecule has 4 aromatic rings. The van der Waals surface area contributed by atoms with E-state index < -0.39 is 5.91 Å². The summed E-state index contributed by atoms with van der Waals surface area (Å²) in [6.07, 6.45) is 2.14. The van der Waals surface area contributed by atoms with Crippen molar-refractivity contribution in [2.24, 2.45) is 5.73 Å². The quantitative estimate of drug-likeness (QED) is 0.621. The van der Waals surface area contributed by atoms with Crippen LogP contribution in [0.3, 0.4) is 0 Å². The number of aromatic nitrogens is 4. The molecule has 25 heavy (non-hydrogen) atoms. The van der Waals surface area contributed by atoms with Gasteiger partial charge in [0.15, 0.2) is 0 Å². The Morgan fingerprint density at radius 2 is 2.08 bits per heavy atom. The molecule has 0 unspecified atom stereocenters. The van der Waals surface area contributed by atoms with Crippen molar-refractivity contribution in [1.82, 2.24) is 19.5 Å². The Balaban J connectivity index is 1.87. The number of nitrogens with zero attached hydrogens (tertiary/aromatic N) is 4. The molecule has 2 N–H and O–H groups in total. The molecular formula is C18H15N5O2. The van der Waals surface area contributed by atoms with Gasteiger partial charge in [0.05, 0.1) is 11.0 Å². The zero-order chi connectivity index (χ0) is 17.1. The fourth-order valence-corrected chi connectivity index (χ4v) is 3.28. The van der Waals surface area contributed by atoms with E-state index in [0.29, 0.717) is 23.3 Å². The fourth-order valence-electron chi connectivity index (χ4n) is 3.28. The number of hydrogen-bond donors (Lipinski definition) is 1. The minimum absolute atomic E-state index is 0.169. The summed E-state index contributed by atoms with van der Waals surface area (Å²) in [5, 5.41) is 5.08. The standard InChI is InChI=1S/C18H15N5O2/c1-9-8-11-4-2-3-5-12(11)23-14(9)13(20-17(23)15(19)24)16-21-18(25-22-16)10-6-7-10/h2-5,8,10H,6-7H2,1H3,(H2,19,24). The molecule has 0 aliphatic heterocycles. The number of carbonyl (C=O) groups is 1. The molecule has 0 radical (unpaired) electrons. The van der Waals surface area contributed by atoms with Gasteiger partial charge in [0.1, 0.15) is 5.69 Å². The molecule has 1 amide bonds. The maximum Gasteiger partial charge on any atom is 0.285 e. The van der Waals surface area contributed by atoms with E-state index in [2.05, 4.69) is 21.2 Å². The number of aryl methyl sites for hydroxylation is 1. The Morgan fingerprint density at radius 3 is 2.84 bits per heavy atom. The number of fused-ring (bicyclic) bond motifs is 3. The molecule has 1 aliphatic rings. The molecule has 1 fully saturated rings. The lowest BCUT2D eigenvalue weighted by Gasteiger charge is -2.07. The molecular weight excluding hydrogens is 318 g/mol. The second-order valence-electron chi connectivity index (χ2n) is 6.45. The van der Waals surface area contributed by atoms with Crippen LogP contribution in [-0.2, 0) is 0 Å². The first-order valence-corrected chi connectivity index (χ1v) is 8.18. The number of carbonyl (C=O) groups excluding carboxylic acids is 1. The van der Waals surface area contributed by atoms with Gasteiger partial charge in [-0.3, -0.25) is 9.20 Å². The minimum atomic E-state index is -0.595. The first-order valence-electron chi connectivity index (χ1n) is 8.18. The van der Waals surface area contributed by atoms with Crippen molar-refractivity contribution in [2.75, 3.05) is 0 Å². The lowest BCUT2D eigenvalue weighted by molar-refractivity contribution is 0.0990. The predicted molar refractivity (Wildman–Crippen MR) is 91.2 cm³/mol. The number of rotatable bonds is 3. The van der Waals surface area contributed by atoms with Gasteiger partial charge in [-0.25, -0.2) is 4.98 Å². The number of nitrogens with two attached hydrogens (primary N) is 1. The van der Waals surface area contributed by atoms with Crippen molar-refractivity contribution in [3.05, 3.63) is 47.6 Å². The minimum Gasteiger partial charge on any atom is -0.363 e. The Labute approximate surface area is 142 Å². The van der Waals surface area contributed by atoms with Crippen LogP contribution in [0, 0.1) is 6.92 Å². The SMILES string of the molecule is Cc1cc2ccccc2n2c(C(N)=O)nc(-c3noc(C4CC4)n3)c12. The molecule has 7 heteroatoms. The van der Waals surface area contributed by atoms with Gasteiger partial charge in [-0.15, -0.1) is 0 Å². The monoisotopic (exact) mass is 333 g/mol. The molecule has 0 bridgehead atoms. The van der Waals surface area contributed by atoms with Crippen LogP contribution in [0.1, 0.15) is 40.8 Å². The predicted octanol–water partition coefficient (Wildman–Crippen LogP) is 2.82. The van der Waals surface area contributed by atoms with E-state index in [1.807, 2.05) is 31.2 Å². The molecule has 1 saturated carbocycles. The summed E-state index contributed by atoms with van der Waals surface area (Å²) in [7, 11) is 0. The van der Waals surface area contributed by atoms with Gasteiger partial charge in [0.2, 0.25) is 17.5 Å². The van der Waals surface area contributed by atoms with Gasteiger partial charge >= 0.3 is 0 Å². The summed E-state index contributed by atoms with van der Waals surface area (Å²) in [6.45, 7) is 1.97. The van der Waals surface area contributed by atoms with Crippen molar-refractivity contribution in [1.29, 1.82) is 0 Å². The molecule has 0 saturated heterocycles. The normalized spacial score (nSPS) is 14.4. The van der Waals surface area contributed by atoms with Crippen molar-refractivity contribution in [3.63, 3.8) is 0 Å². The van der Waals surface area contributed by atoms with Crippen molar-refractivity contribution >= 4 is 22.3 Å². The summed E-state index contributed by atoms with van der Waals surface area (Å²) in [4.78, 5) is 21.0.